The summed E-state index contributed by atoms with van der Waals surface area (Å²) in [5.41, 5.74) is 3.05. The molecule has 0 saturated carbocycles. The summed E-state index contributed by atoms with van der Waals surface area (Å²) >= 11 is 5.87. The topological polar surface area (TPSA) is 41.6 Å². The minimum atomic E-state index is 0.729. The number of imidazole rings is 1. The SMILES string of the molecule is Clc1ccc(-c2cnc(-c3ccncc3)[nH]2)cc1. The second-order valence-electron chi connectivity index (χ2n) is 3.89. The fourth-order valence-corrected chi connectivity index (χ4v) is 1.88. The Hall–Kier alpha value is -2.13. The molecule has 3 rings (SSSR count). The Morgan fingerprint density at radius 3 is 2.33 bits per heavy atom. The number of halogens is 1. The largest absolute Gasteiger partial charge is 0.338 e. The van der Waals surface area contributed by atoms with E-state index >= 15 is 0 Å². The molecule has 3 aromatic rings. The van der Waals surface area contributed by atoms with Gasteiger partial charge in [-0.1, -0.05) is 23.7 Å². The second-order valence-corrected chi connectivity index (χ2v) is 4.32. The number of H-pyrrole nitrogens is 1. The quantitative estimate of drug-likeness (QED) is 0.757. The smallest absolute Gasteiger partial charge is 0.137 e. The van der Waals surface area contributed by atoms with Gasteiger partial charge in [-0.25, -0.2) is 4.98 Å². The van der Waals surface area contributed by atoms with E-state index in [0.717, 1.165) is 27.7 Å². The normalized spacial score (nSPS) is 10.5. The van der Waals surface area contributed by atoms with Crippen LogP contribution in [0.25, 0.3) is 22.6 Å². The number of hydrogen-bond donors (Lipinski definition) is 1. The average Bonchev–Trinajstić information content (AvgIpc) is 2.90. The van der Waals surface area contributed by atoms with Crippen molar-refractivity contribution < 1.29 is 0 Å². The number of aromatic amines is 1. The summed E-state index contributed by atoms with van der Waals surface area (Å²) < 4.78 is 0. The van der Waals surface area contributed by atoms with Crippen LogP contribution in [-0.2, 0) is 0 Å². The van der Waals surface area contributed by atoms with Gasteiger partial charge in [-0.15, -0.1) is 0 Å². The third kappa shape index (κ3) is 2.13. The van der Waals surface area contributed by atoms with Crippen molar-refractivity contribution in [3.8, 4) is 22.6 Å². The molecule has 4 heteroatoms. The Morgan fingerprint density at radius 1 is 0.889 bits per heavy atom. The molecule has 0 aliphatic rings. The minimum absolute atomic E-state index is 0.729. The zero-order chi connectivity index (χ0) is 12.4. The molecule has 0 unspecified atom stereocenters. The molecular formula is C14H10ClN3. The monoisotopic (exact) mass is 255 g/mol. The molecule has 0 aliphatic carbocycles. The summed E-state index contributed by atoms with van der Waals surface area (Å²) in [5, 5.41) is 0.729. The maximum absolute atomic E-state index is 5.87. The summed E-state index contributed by atoms with van der Waals surface area (Å²) in [4.78, 5) is 11.6. The van der Waals surface area contributed by atoms with Gasteiger partial charge in [0.15, 0.2) is 0 Å². The average molecular weight is 256 g/mol. The number of rotatable bonds is 2. The number of aromatic nitrogens is 3. The van der Waals surface area contributed by atoms with E-state index in [2.05, 4.69) is 15.0 Å². The third-order valence-electron chi connectivity index (χ3n) is 2.68. The first-order chi connectivity index (χ1) is 8.83. The van der Waals surface area contributed by atoms with Crippen molar-refractivity contribution in [3.63, 3.8) is 0 Å². The first-order valence-electron chi connectivity index (χ1n) is 5.54. The molecule has 18 heavy (non-hydrogen) atoms. The Kier molecular flexibility index (Phi) is 2.82. The van der Waals surface area contributed by atoms with Gasteiger partial charge in [0.2, 0.25) is 0 Å². The molecule has 0 amide bonds. The van der Waals surface area contributed by atoms with Crippen molar-refractivity contribution in [2.45, 2.75) is 0 Å². The zero-order valence-electron chi connectivity index (χ0n) is 9.47. The standard InChI is InChI=1S/C14H10ClN3/c15-12-3-1-10(2-4-12)13-9-17-14(18-13)11-5-7-16-8-6-11/h1-9H,(H,17,18). The van der Waals surface area contributed by atoms with Gasteiger partial charge in [0, 0.05) is 23.0 Å². The number of nitrogens with zero attached hydrogens (tertiary/aromatic N) is 2. The van der Waals surface area contributed by atoms with E-state index in [1.54, 1.807) is 12.4 Å². The molecule has 0 bridgehead atoms. The predicted octanol–water partition coefficient (Wildman–Crippen LogP) is 3.79. The van der Waals surface area contributed by atoms with Crippen LogP contribution in [0, 0.1) is 0 Å². The molecule has 88 valence electrons. The van der Waals surface area contributed by atoms with Crippen molar-refractivity contribution in [2.24, 2.45) is 0 Å². The Morgan fingerprint density at radius 2 is 1.61 bits per heavy atom. The van der Waals surface area contributed by atoms with E-state index in [1.807, 2.05) is 42.6 Å². The van der Waals surface area contributed by atoms with Gasteiger partial charge in [0.25, 0.3) is 0 Å². The molecule has 0 saturated heterocycles. The molecule has 2 aromatic heterocycles. The predicted molar refractivity (Wildman–Crippen MR) is 72.3 cm³/mol. The van der Waals surface area contributed by atoms with E-state index in [1.165, 1.54) is 0 Å². The first-order valence-corrected chi connectivity index (χ1v) is 5.92. The third-order valence-corrected chi connectivity index (χ3v) is 2.94. The number of nitrogens with one attached hydrogen (secondary N) is 1. The van der Waals surface area contributed by atoms with Crippen LogP contribution < -0.4 is 0 Å². The van der Waals surface area contributed by atoms with Gasteiger partial charge < -0.3 is 4.98 Å². The zero-order valence-corrected chi connectivity index (χ0v) is 10.2. The Balaban J connectivity index is 1.97. The van der Waals surface area contributed by atoms with Gasteiger partial charge in [0.05, 0.1) is 11.9 Å². The molecular weight excluding hydrogens is 246 g/mol. The lowest BCUT2D eigenvalue weighted by atomic mass is 10.2. The lowest BCUT2D eigenvalue weighted by molar-refractivity contribution is 1.27. The molecule has 3 nitrogen and oxygen atoms in total. The van der Waals surface area contributed by atoms with Crippen molar-refractivity contribution >= 4 is 11.6 Å². The Bertz CT molecular complexity index is 644. The van der Waals surface area contributed by atoms with Gasteiger partial charge in [-0.3, -0.25) is 4.98 Å². The van der Waals surface area contributed by atoms with Crippen LogP contribution in [0.15, 0.2) is 55.0 Å². The highest BCUT2D eigenvalue weighted by Crippen LogP contribution is 2.22. The molecule has 0 atom stereocenters. The van der Waals surface area contributed by atoms with Crippen molar-refractivity contribution in [1.29, 1.82) is 0 Å². The van der Waals surface area contributed by atoms with Gasteiger partial charge in [0.1, 0.15) is 5.82 Å². The van der Waals surface area contributed by atoms with Gasteiger partial charge in [-0.2, -0.15) is 0 Å². The van der Waals surface area contributed by atoms with Crippen molar-refractivity contribution in [1.82, 2.24) is 15.0 Å². The summed E-state index contributed by atoms with van der Waals surface area (Å²) in [6.45, 7) is 0. The van der Waals surface area contributed by atoms with Crippen LogP contribution >= 0.6 is 11.6 Å². The number of benzene rings is 1. The molecule has 0 spiro atoms. The highest BCUT2D eigenvalue weighted by atomic mass is 35.5. The molecule has 0 aliphatic heterocycles. The highest BCUT2D eigenvalue weighted by molar-refractivity contribution is 6.30. The van der Waals surface area contributed by atoms with E-state index in [0.29, 0.717) is 0 Å². The maximum atomic E-state index is 5.87. The van der Waals surface area contributed by atoms with Crippen LogP contribution in [0.5, 0.6) is 0 Å². The summed E-state index contributed by atoms with van der Waals surface area (Å²) in [6.07, 6.45) is 5.32. The van der Waals surface area contributed by atoms with Crippen LogP contribution in [0.1, 0.15) is 0 Å². The van der Waals surface area contributed by atoms with Crippen LogP contribution in [0.2, 0.25) is 5.02 Å². The van der Waals surface area contributed by atoms with Crippen LogP contribution in [0.3, 0.4) is 0 Å². The lowest BCUT2D eigenvalue weighted by Gasteiger charge is -1.98. The highest BCUT2D eigenvalue weighted by Gasteiger charge is 2.04. The molecule has 2 heterocycles. The minimum Gasteiger partial charge on any atom is -0.338 e. The lowest BCUT2D eigenvalue weighted by Crippen LogP contribution is -1.81. The van der Waals surface area contributed by atoms with E-state index in [-0.39, 0.29) is 0 Å². The van der Waals surface area contributed by atoms with E-state index in [4.69, 9.17) is 11.6 Å². The fourth-order valence-electron chi connectivity index (χ4n) is 1.75. The van der Waals surface area contributed by atoms with Gasteiger partial charge >= 0.3 is 0 Å². The van der Waals surface area contributed by atoms with Crippen LogP contribution in [0.4, 0.5) is 0 Å². The first kappa shape index (κ1) is 11.0. The fraction of sp³-hybridized carbons (Fsp3) is 0. The molecule has 0 radical (unpaired) electrons. The molecule has 1 aromatic carbocycles. The number of pyridine rings is 1. The van der Waals surface area contributed by atoms with E-state index in [9.17, 15) is 0 Å². The Labute approximate surface area is 109 Å². The molecule has 1 N–H and O–H groups in total. The summed E-state index contributed by atoms with van der Waals surface area (Å²) in [7, 11) is 0. The van der Waals surface area contributed by atoms with Gasteiger partial charge in [-0.05, 0) is 29.8 Å². The number of hydrogen-bond acceptors (Lipinski definition) is 2. The van der Waals surface area contributed by atoms with Crippen molar-refractivity contribution in [2.75, 3.05) is 0 Å². The van der Waals surface area contributed by atoms with Crippen molar-refractivity contribution in [3.05, 3.63) is 60.0 Å². The maximum Gasteiger partial charge on any atom is 0.137 e. The molecule has 0 fully saturated rings. The van der Waals surface area contributed by atoms with Crippen LogP contribution in [-0.4, -0.2) is 15.0 Å². The summed E-state index contributed by atoms with van der Waals surface area (Å²) in [5.74, 6) is 0.836. The summed E-state index contributed by atoms with van der Waals surface area (Å²) in [6, 6.07) is 11.5. The van der Waals surface area contributed by atoms with E-state index < -0.39 is 0 Å². The second kappa shape index (κ2) is 4.63.